The Labute approximate surface area is 251 Å². The van der Waals surface area contributed by atoms with Gasteiger partial charge in [-0.15, -0.1) is 0 Å². The number of urea groups is 1. The molecule has 0 aromatic heterocycles. The molecule has 1 aromatic rings. The fourth-order valence-corrected chi connectivity index (χ4v) is 6.37. The number of carbonyl (C=O) groups excluding carboxylic acids is 3. The molecule has 2 fully saturated rings. The van der Waals surface area contributed by atoms with Gasteiger partial charge in [-0.05, 0) is 74.8 Å². The number of unbranched alkanes of at least 4 members (excludes halogenated alkanes) is 3. The molecular formula is C33H52N2O7. The monoisotopic (exact) mass is 588 g/mol. The molecule has 0 spiro atoms. The van der Waals surface area contributed by atoms with Crippen LogP contribution in [0.2, 0.25) is 0 Å². The number of rotatable bonds is 19. The van der Waals surface area contributed by atoms with Gasteiger partial charge >= 0.3 is 12.0 Å². The lowest BCUT2D eigenvalue weighted by atomic mass is 9.81. The van der Waals surface area contributed by atoms with E-state index in [4.69, 9.17) is 4.74 Å². The Morgan fingerprint density at radius 1 is 0.976 bits per heavy atom. The van der Waals surface area contributed by atoms with Crippen molar-refractivity contribution in [1.29, 1.82) is 0 Å². The molecule has 1 aliphatic heterocycles. The van der Waals surface area contributed by atoms with Crippen LogP contribution in [-0.2, 0) is 14.3 Å². The van der Waals surface area contributed by atoms with Crippen LogP contribution in [0.3, 0.4) is 0 Å². The smallest absolute Gasteiger partial charge is 0.332 e. The average molecular weight is 589 g/mol. The van der Waals surface area contributed by atoms with E-state index in [1.807, 2.05) is 25.1 Å². The number of carbonyl (C=O) groups is 3. The number of aliphatic hydroxyl groups is 3. The lowest BCUT2D eigenvalue weighted by molar-refractivity contribution is -0.144. The summed E-state index contributed by atoms with van der Waals surface area (Å²) >= 11 is 0. The van der Waals surface area contributed by atoms with E-state index in [9.17, 15) is 29.7 Å². The van der Waals surface area contributed by atoms with Gasteiger partial charge in [0.15, 0.2) is 0 Å². The summed E-state index contributed by atoms with van der Waals surface area (Å²) in [6, 6.07) is 8.16. The van der Waals surface area contributed by atoms with Crippen LogP contribution >= 0.6 is 0 Å². The van der Waals surface area contributed by atoms with Crippen molar-refractivity contribution in [2.45, 2.75) is 115 Å². The molecule has 9 nitrogen and oxygen atoms in total. The molecule has 3 N–H and O–H groups in total. The summed E-state index contributed by atoms with van der Waals surface area (Å²) < 4.78 is 5.38. The van der Waals surface area contributed by atoms with Gasteiger partial charge in [-0.2, -0.15) is 0 Å². The molecule has 1 aromatic carbocycles. The minimum absolute atomic E-state index is 0.0372. The van der Waals surface area contributed by atoms with Gasteiger partial charge in [-0.3, -0.25) is 9.59 Å². The Bertz CT molecular complexity index is 960. The van der Waals surface area contributed by atoms with Crippen LogP contribution in [0.5, 0.6) is 0 Å². The second-order valence-electron chi connectivity index (χ2n) is 12.4. The molecule has 1 saturated carbocycles. The molecule has 9 heteroatoms. The Balaban J connectivity index is 1.44. The SMILES string of the molecule is CC(CCO)(CCO)CCOC(=O)CCCCCC[C@H]1C(=O)N(c2ccccc2)C(=O)N1CCC(O)C1CCCCC1. The van der Waals surface area contributed by atoms with E-state index >= 15 is 0 Å². The van der Waals surface area contributed by atoms with Gasteiger partial charge in [0.05, 0.1) is 18.4 Å². The Morgan fingerprint density at radius 2 is 1.64 bits per heavy atom. The molecule has 1 saturated heterocycles. The Hall–Kier alpha value is -2.49. The van der Waals surface area contributed by atoms with Crippen molar-refractivity contribution in [3.63, 3.8) is 0 Å². The zero-order chi connectivity index (χ0) is 30.4. The van der Waals surface area contributed by atoms with Crippen LogP contribution in [0, 0.1) is 11.3 Å². The van der Waals surface area contributed by atoms with E-state index in [-0.39, 0.29) is 49.1 Å². The molecule has 3 rings (SSSR count). The predicted octanol–water partition coefficient (Wildman–Crippen LogP) is 5.20. The second kappa shape index (κ2) is 17.6. The number of hydrogen-bond donors (Lipinski definition) is 3. The van der Waals surface area contributed by atoms with E-state index in [2.05, 4.69) is 0 Å². The first-order valence-electron chi connectivity index (χ1n) is 16.0. The van der Waals surface area contributed by atoms with Crippen LogP contribution in [0.1, 0.15) is 103 Å². The fourth-order valence-electron chi connectivity index (χ4n) is 6.37. The summed E-state index contributed by atoms with van der Waals surface area (Å²) in [5, 5.41) is 29.3. The third kappa shape index (κ3) is 10.1. The standard InChI is InChI=1S/C33H52N2O7/c1-33(19-23-36,20-24-37)21-25-42-30(39)17-11-3-2-10-16-28-31(40)35(27-14-8-5-9-15-27)32(41)34(28)22-18-29(38)26-12-6-4-7-13-26/h5,8-9,14-15,26,28-29,36-38H,2-4,6-7,10-13,16-25H2,1H3/t28-,29?/m0/s1. The number of ether oxygens (including phenoxy) is 1. The van der Waals surface area contributed by atoms with Crippen molar-refractivity contribution in [2.75, 3.05) is 31.3 Å². The third-order valence-electron chi connectivity index (χ3n) is 9.20. The van der Waals surface area contributed by atoms with Gasteiger partial charge in [0.25, 0.3) is 5.91 Å². The van der Waals surface area contributed by atoms with Crippen LogP contribution in [0.4, 0.5) is 10.5 Å². The van der Waals surface area contributed by atoms with E-state index < -0.39 is 12.1 Å². The molecule has 42 heavy (non-hydrogen) atoms. The number of hydrogen-bond acceptors (Lipinski definition) is 7. The second-order valence-corrected chi connectivity index (χ2v) is 12.4. The predicted molar refractivity (Wildman–Crippen MR) is 162 cm³/mol. The summed E-state index contributed by atoms with van der Waals surface area (Å²) in [5.74, 6) is -0.187. The fraction of sp³-hybridized carbons (Fsp3) is 0.727. The van der Waals surface area contributed by atoms with Gasteiger partial charge in [0.2, 0.25) is 0 Å². The normalized spacial score (nSPS) is 19.0. The Morgan fingerprint density at radius 3 is 2.31 bits per heavy atom. The van der Waals surface area contributed by atoms with Crippen LogP contribution in [-0.4, -0.2) is 76.6 Å². The van der Waals surface area contributed by atoms with Gasteiger partial charge < -0.3 is 25.0 Å². The maximum atomic E-state index is 13.4. The highest BCUT2D eigenvalue weighted by atomic mass is 16.5. The molecule has 3 amide bonds. The summed E-state index contributed by atoms with van der Waals surface area (Å²) in [7, 11) is 0. The zero-order valence-corrected chi connectivity index (χ0v) is 25.4. The maximum Gasteiger partial charge on any atom is 0.332 e. The van der Waals surface area contributed by atoms with E-state index in [1.54, 1.807) is 17.0 Å². The van der Waals surface area contributed by atoms with Crippen molar-refractivity contribution >= 4 is 23.6 Å². The zero-order valence-electron chi connectivity index (χ0n) is 25.4. The molecule has 1 unspecified atom stereocenters. The molecule has 0 bridgehead atoms. The van der Waals surface area contributed by atoms with Crippen LogP contribution < -0.4 is 4.90 Å². The van der Waals surface area contributed by atoms with E-state index in [1.165, 1.54) is 11.3 Å². The summed E-state index contributed by atoms with van der Waals surface area (Å²) in [6.07, 6.45) is 11.2. The molecule has 2 aliphatic rings. The van der Waals surface area contributed by atoms with Gasteiger partial charge in [-0.25, -0.2) is 9.69 Å². The molecule has 1 aliphatic carbocycles. The largest absolute Gasteiger partial charge is 0.466 e. The van der Waals surface area contributed by atoms with Crippen LogP contribution in [0.15, 0.2) is 30.3 Å². The number of benzene rings is 1. The molecule has 2 atom stereocenters. The van der Waals surface area contributed by atoms with Crippen molar-refractivity contribution in [3.8, 4) is 0 Å². The molecule has 0 radical (unpaired) electrons. The van der Waals surface area contributed by atoms with Crippen molar-refractivity contribution < 1.29 is 34.4 Å². The first kappa shape index (κ1) is 34.0. The maximum absolute atomic E-state index is 13.4. The number of imide groups is 1. The van der Waals surface area contributed by atoms with Crippen LogP contribution in [0.25, 0.3) is 0 Å². The third-order valence-corrected chi connectivity index (χ3v) is 9.20. The first-order valence-corrected chi connectivity index (χ1v) is 16.0. The number of para-hydroxylation sites is 1. The topological polar surface area (TPSA) is 128 Å². The lowest BCUT2D eigenvalue weighted by Gasteiger charge is -2.29. The first-order chi connectivity index (χ1) is 20.3. The minimum Gasteiger partial charge on any atom is -0.466 e. The minimum atomic E-state index is -0.548. The highest BCUT2D eigenvalue weighted by molar-refractivity contribution is 6.21. The molecule has 1 heterocycles. The highest BCUT2D eigenvalue weighted by Crippen LogP contribution is 2.32. The van der Waals surface area contributed by atoms with Crippen molar-refractivity contribution in [3.05, 3.63) is 30.3 Å². The average Bonchev–Trinajstić information content (AvgIpc) is 3.22. The van der Waals surface area contributed by atoms with Crippen molar-refractivity contribution in [1.82, 2.24) is 4.90 Å². The van der Waals surface area contributed by atoms with Crippen molar-refractivity contribution in [2.24, 2.45) is 11.3 Å². The molecule has 236 valence electrons. The number of anilines is 1. The van der Waals surface area contributed by atoms with Gasteiger partial charge in [-0.1, -0.05) is 63.6 Å². The summed E-state index contributed by atoms with van der Waals surface area (Å²) in [4.78, 5) is 42.0. The number of aliphatic hydroxyl groups excluding tert-OH is 3. The highest BCUT2D eigenvalue weighted by Gasteiger charge is 2.45. The molecular weight excluding hydrogens is 536 g/mol. The number of esters is 1. The number of amides is 3. The quantitative estimate of drug-likeness (QED) is 0.115. The van der Waals surface area contributed by atoms with E-state index in [0.29, 0.717) is 57.2 Å². The number of nitrogens with zero attached hydrogens (tertiary/aromatic N) is 2. The van der Waals surface area contributed by atoms with E-state index in [0.717, 1.165) is 44.9 Å². The lowest BCUT2D eigenvalue weighted by Crippen LogP contribution is -2.38. The van der Waals surface area contributed by atoms with Gasteiger partial charge in [0.1, 0.15) is 6.04 Å². The van der Waals surface area contributed by atoms with Gasteiger partial charge in [0, 0.05) is 26.2 Å². The summed E-state index contributed by atoms with van der Waals surface area (Å²) in [6.45, 7) is 2.69. The Kier molecular flexibility index (Phi) is 14.2. The summed E-state index contributed by atoms with van der Waals surface area (Å²) in [5.41, 5.74) is 0.320.